The van der Waals surface area contributed by atoms with Crippen molar-refractivity contribution < 1.29 is 19.5 Å². The number of carboxylic acids is 1. The molecule has 8 nitrogen and oxygen atoms in total. The molecule has 24 heavy (non-hydrogen) atoms. The molecule has 1 heterocycles. The van der Waals surface area contributed by atoms with Crippen molar-refractivity contribution in [1.82, 2.24) is 10.2 Å². The predicted octanol–water partition coefficient (Wildman–Crippen LogP) is -0.341. The summed E-state index contributed by atoms with van der Waals surface area (Å²) in [6, 6.07) is -2.27. The Kier molecular flexibility index (Phi) is 8.14. The Labute approximate surface area is 142 Å². The molecule has 1 aliphatic heterocycles. The number of carbonyl (C=O) groups excluding carboxylic acids is 2. The topological polar surface area (TPSA) is 139 Å². The van der Waals surface area contributed by atoms with E-state index in [1.54, 1.807) is 0 Å². The summed E-state index contributed by atoms with van der Waals surface area (Å²) in [5, 5.41) is 11.9. The van der Waals surface area contributed by atoms with E-state index < -0.39 is 24.1 Å². The second kappa shape index (κ2) is 9.58. The van der Waals surface area contributed by atoms with E-state index >= 15 is 0 Å². The normalized spacial score (nSPS) is 20.0. The van der Waals surface area contributed by atoms with Crippen LogP contribution in [0, 0.1) is 5.92 Å². The average molecular weight is 342 g/mol. The highest BCUT2D eigenvalue weighted by Gasteiger charge is 2.38. The van der Waals surface area contributed by atoms with Gasteiger partial charge in [-0.05, 0) is 38.1 Å². The van der Waals surface area contributed by atoms with Crippen LogP contribution in [0.4, 0.5) is 0 Å². The van der Waals surface area contributed by atoms with Crippen LogP contribution < -0.4 is 16.8 Å². The molecule has 0 aromatic rings. The van der Waals surface area contributed by atoms with Gasteiger partial charge >= 0.3 is 5.97 Å². The second-order valence-corrected chi connectivity index (χ2v) is 6.65. The molecule has 8 heteroatoms. The van der Waals surface area contributed by atoms with Crippen molar-refractivity contribution in [3.63, 3.8) is 0 Å². The summed E-state index contributed by atoms with van der Waals surface area (Å²) in [6.07, 6.45) is 3.14. The van der Waals surface area contributed by atoms with E-state index in [2.05, 4.69) is 5.32 Å². The SMILES string of the molecule is CC(C)[C@H](NC(=O)[C@@H](N)CCCCN)C(=O)N1CCC[C@@H]1C(=O)O. The zero-order valence-corrected chi connectivity index (χ0v) is 14.5. The molecule has 138 valence electrons. The van der Waals surface area contributed by atoms with Gasteiger partial charge in [0.25, 0.3) is 0 Å². The highest BCUT2D eigenvalue weighted by molar-refractivity contribution is 5.92. The van der Waals surface area contributed by atoms with Crippen LogP contribution in [0.1, 0.15) is 46.0 Å². The Bertz CT molecular complexity index is 455. The molecule has 0 spiro atoms. The number of unbranched alkanes of at least 4 members (excludes halogenated alkanes) is 1. The van der Waals surface area contributed by atoms with Crippen molar-refractivity contribution in [1.29, 1.82) is 0 Å². The molecule has 0 aliphatic carbocycles. The molecule has 1 saturated heterocycles. The summed E-state index contributed by atoms with van der Waals surface area (Å²) in [4.78, 5) is 37.6. The van der Waals surface area contributed by atoms with Crippen LogP contribution in [-0.2, 0) is 14.4 Å². The lowest BCUT2D eigenvalue weighted by Gasteiger charge is -2.30. The molecule has 0 radical (unpaired) electrons. The van der Waals surface area contributed by atoms with E-state index in [9.17, 15) is 19.5 Å². The van der Waals surface area contributed by atoms with E-state index in [-0.39, 0.29) is 17.7 Å². The lowest BCUT2D eigenvalue weighted by molar-refractivity contribution is -0.150. The molecule has 1 rings (SSSR count). The van der Waals surface area contributed by atoms with Gasteiger partial charge in [-0.2, -0.15) is 0 Å². The fraction of sp³-hybridized carbons (Fsp3) is 0.812. The van der Waals surface area contributed by atoms with E-state index in [1.807, 2.05) is 13.8 Å². The molecule has 0 aromatic heterocycles. The molecule has 0 aromatic carbocycles. The van der Waals surface area contributed by atoms with Gasteiger partial charge in [-0.1, -0.05) is 20.3 Å². The first-order valence-electron chi connectivity index (χ1n) is 8.58. The molecule has 1 aliphatic rings. The van der Waals surface area contributed by atoms with Crippen molar-refractivity contribution in [2.24, 2.45) is 17.4 Å². The first-order valence-corrected chi connectivity index (χ1v) is 8.58. The van der Waals surface area contributed by atoms with Gasteiger partial charge in [0.1, 0.15) is 12.1 Å². The summed E-state index contributed by atoms with van der Waals surface area (Å²) in [5.41, 5.74) is 11.3. The number of likely N-dealkylation sites (tertiary alicyclic amines) is 1. The Morgan fingerprint density at radius 1 is 1.29 bits per heavy atom. The smallest absolute Gasteiger partial charge is 0.326 e. The third kappa shape index (κ3) is 5.45. The van der Waals surface area contributed by atoms with Crippen LogP contribution in [0.2, 0.25) is 0 Å². The molecule has 0 unspecified atom stereocenters. The van der Waals surface area contributed by atoms with Crippen molar-refractivity contribution >= 4 is 17.8 Å². The van der Waals surface area contributed by atoms with Crippen LogP contribution in [0.25, 0.3) is 0 Å². The number of rotatable bonds is 9. The molecule has 6 N–H and O–H groups in total. The molecular formula is C16H30N4O4. The third-order valence-corrected chi connectivity index (χ3v) is 4.36. The summed E-state index contributed by atoms with van der Waals surface area (Å²) in [6.45, 7) is 4.58. The minimum absolute atomic E-state index is 0.160. The number of nitrogens with one attached hydrogen (secondary N) is 1. The van der Waals surface area contributed by atoms with Crippen molar-refractivity contribution in [3.8, 4) is 0 Å². The van der Waals surface area contributed by atoms with Gasteiger partial charge in [-0.15, -0.1) is 0 Å². The number of hydrogen-bond acceptors (Lipinski definition) is 5. The lowest BCUT2D eigenvalue weighted by Crippen LogP contribution is -2.56. The van der Waals surface area contributed by atoms with Crippen LogP contribution in [0.5, 0.6) is 0 Å². The molecule has 0 saturated carbocycles. The van der Waals surface area contributed by atoms with Crippen molar-refractivity contribution in [2.75, 3.05) is 13.1 Å². The fourth-order valence-electron chi connectivity index (χ4n) is 2.88. The quantitative estimate of drug-likeness (QED) is 0.423. The number of carbonyl (C=O) groups is 3. The minimum atomic E-state index is -1.01. The Hall–Kier alpha value is -1.67. The molecule has 1 fully saturated rings. The van der Waals surface area contributed by atoms with E-state index in [0.29, 0.717) is 32.4 Å². The second-order valence-electron chi connectivity index (χ2n) is 6.65. The monoisotopic (exact) mass is 342 g/mol. The summed E-state index contributed by atoms with van der Waals surface area (Å²) >= 11 is 0. The van der Waals surface area contributed by atoms with Gasteiger partial charge in [0, 0.05) is 6.54 Å². The van der Waals surface area contributed by atoms with Crippen molar-refractivity contribution in [2.45, 2.75) is 64.1 Å². The van der Waals surface area contributed by atoms with Gasteiger partial charge in [-0.25, -0.2) is 4.79 Å². The fourth-order valence-corrected chi connectivity index (χ4v) is 2.88. The zero-order valence-electron chi connectivity index (χ0n) is 14.5. The maximum absolute atomic E-state index is 12.7. The number of nitrogens with two attached hydrogens (primary N) is 2. The van der Waals surface area contributed by atoms with E-state index in [1.165, 1.54) is 4.90 Å². The number of amides is 2. The average Bonchev–Trinajstić information content (AvgIpc) is 3.01. The molecule has 3 atom stereocenters. The van der Waals surface area contributed by atoms with Gasteiger partial charge < -0.3 is 26.8 Å². The highest BCUT2D eigenvalue weighted by atomic mass is 16.4. The first kappa shape index (κ1) is 20.4. The van der Waals surface area contributed by atoms with E-state index in [0.717, 1.165) is 12.8 Å². The minimum Gasteiger partial charge on any atom is -0.480 e. The summed E-state index contributed by atoms with van der Waals surface area (Å²) in [5.74, 6) is -1.90. The van der Waals surface area contributed by atoms with Gasteiger partial charge in [0.15, 0.2) is 0 Å². The maximum atomic E-state index is 12.7. The predicted molar refractivity (Wildman–Crippen MR) is 90.0 cm³/mol. The zero-order chi connectivity index (χ0) is 18.3. The third-order valence-electron chi connectivity index (χ3n) is 4.36. The Morgan fingerprint density at radius 2 is 1.96 bits per heavy atom. The van der Waals surface area contributed by atoms with Crippen LogP contribution >= 0.6 is 0 Å². The molecule has 2 amide bonds. The van der Waals surface area contributed by atoms with Gasteiger partial charge in [0.05, 0.1) is 6.04 Å². The van der Waals surface area contributed by atoms with Crippen LogP contribution in [0.15, 0.2) is 0 Å². The Morgan fingerprint density at radius 3 is 2.50 bits per heavy atom. The lowest BCUT2D eigenvalue weighted by atomic mass is 10.0. The van der Waals surface area contributed by atoms with Crippen LogP contribution in [-0.4, -0.2) is 59.0 Å². The maximum Gasteiger partial charge on any atom is 0.326 e. The van der Waals surface area contributed by atoms with Gasteiger partial charge in [-0.3, -0.25) is 9.59 Å². The van der Waals surface area contributed by atoms with E-state index in [4.69, 9.17) is 11.5 Å². The number of hydrogen-bond donors (Lipinski definition) is 4. The largest absolute Gasteiger partial charge is 0.480 e. The summed E-state index contributed by atoms with van der Waals surface area (Å²) in [7, 11) is 0. The first-order chi connectivity index (χ1) is 11.3. The number of nitrogens with zero attached hydrogens (tertiary/aromatic N) is 1. The number of aliphatic carboxylic acids is 1. The summed E-state index contributed by atoms with van der Waals surface area (Å²) < 4.78 is 0. The standard InChI is InChI=1S/C16H30N4O4/c1-10(2)13(19-14(21)11(18)6-3-4-8-17)15(22)20-9-5-7-12(20)16(23)24/h10-13H,3-9,17-18H2,1-2H3,(H,19,21)(H,23,24)/t11-,12+,13-/m0/s1. The highest BCUT2D eigenvalue weighted by Crippen LogP contribution is 2.20. The number of carboxylic acid groups (broad SMARTS) is 1. The van der Waals surface area contributed by atoms with Gasteiger partial charge in [0.2, 0.25) is 11.8 Å². The molecular weight excluding hydrogens is 312 g/mol. The van der Waals surface area contributed by atoms with Crippen LogP contribution in [0.3, 0.4) is 0 Å². The van der Waals surface area contributed by atoms with Crippen molar-refractivity contribution in [3.05, 3.63) is 0 Å². The Balaban J connectivity index is 2.70. The molecule has 0 bridgehead atoms.